The molecule has 0 aliphatic rings. The van der Waals surface area contributed by atoms with Crippen molar-refractivity contribution in [2.24, 2.45) is 0 Å². The number of aliphatic hydroxyl groups is 1. The molecule has 0 aliphatic heterocycles. The van der Waals surface area contributed by atoms with Crippen molar-refractivity contribution in [3.8, 4) is 11.8 Å². The van der Waals surface area contributed by atoms with Gasteiger partial charge in [0.1, 0.15) is 6.61 Å². The lowest BCUT2D eigenvalue weighted by Crippen LogP contribution is -2.22. The standard InChI is InChI=1S/C13H12N2O3S/c1-9-12(18-8-15-9)13(17)14-7-11-5-4-10(19-11)3-2-6-16/h4-5,8,16H,6-7H2,1H3,(H,14,17). The Bertz CT molecular complexity index is 634. The highest BCUT2D eigenvalue weighted by Gasteiger charge is 2.13. The van der Waals surface area contributed by atoms with E-state index in [1.807, 2.05) is 12.1 Å². The first-order valence-corrected chi connectivity index (χ1v) is 6.39. The van der Waals surface area contributed by atoms with Crippen molar-refractivity contribution in [3.05, 3.63) is 39.7 Å². The van der Waals surface area contributed by atoms with Gasteiger partial charge in [0.2, 0.25) is 5.76 Å². The third-order valence-electron chi connectivity index (χ3n) is 2.33. The van der Waals surface area contributed by atoms with Crippen molar-refractivity contribution in [2.45, 2.75) is 13.5 Å². The summed E-state index contributed by atoms with van der Waals surface area (Å²) in [7, 11) is 0. The summed E-state index contributed by atoms with van der Waals surface area (Å²) in [4.78, 5) is 17.5. The van der Waals surface area contributed by atoms with Gasteiger partial charge in [0, 0.05) is 4.88 Å². The Hall–Kier alpha value is -2.10. The molecule has 0 unspecified atom stereocenters. The minimum atomic E-state index is -0.286. The SMILES string of the molecule is Cc1ncoc1C(=O)NCc1ccc(C#CCO)s1. The molecule has 6 heteroatoms. The lowest BCUT2D eigenvalue weighted by Gasteiger charge is -2.00. The second-order valence-corrected chi connectivity index (χ2v) is 4.84. The van der Waals surface area contributed by atoms with Crippen LogP contribution in [0, 0.1) is 18.8 Å². The Kier molecular flexibility index (Phi) is 4.34. The molecule has 2 rings (SSSR count). The van der Waals surface area contributed by atoms with E-state index in [1.165, 1.54) is 17.7 Å². The van der Waals surface area contributed by atoms with Crippen LogP contribution in [0.5, 0.6) is 0 Å². The maximum absolute atomic E-state index is 11.8. The molecule has 0 bridgehead atoms. The zero-order valence-electron chi connectivity index (χ0n) is 10.3. The fourth-order valence-electron chi connectivity index (χ4n) is 1.43. The first-order chi connectivity index (χ1) is 9.20. The minimum absolute atomic E-state index is 0.158. The Balaban J connectivity index is 1.94. The molecule has 2 heterocycles. The van der Waals surface area contributed by atoms with Gasteiger partial charge in [0.15, 0.2) is 6.39 Å². The summed E-state index contributed by atoms with van der Waals surface area (Å²) in [6, 6.07) is 3.74. The molecule has 2 aromatic rings. The van der Waals surface area contributed by atoms with Crippen LogP contribution in [0.3, 0.4) is 0 Å². The predicted octanol–water partition coefficient (Wildman–Crippen LogP) is 1.32. The van der Waals surface area contributed by atoms with Crippen LogP contribution in [-0.4, -0.2) is 22.6 Å². The van der Waals surface area contributed by atoms with Gasteiger partial charge < -0.3 is 14.8 Å². The molecule has 0 aromatic carbocycles. The maximum atomic E-state index is 11.8. The Morgan fingerprint density at radius 1 is 1.58 bits per heavy atom. The number of aromatic nitrogens is 1. The summed E-state index contributed by atoms with van der Waals surface area (Å²) < 4.78 is 5.00. The van der Waals surface area contributed by atoms with E-state index in [2.05, 4.69) is 22.1 Å². The molecule has 0 spiro atoms. The molecule has 19 heavy (non-hydrogen) atoms. The number of thiophene rings is 1. The third kappa shape index (κ3) is 3.44. The van der Waals surface area contributed by atoms with Gasteiger partial charge in [-0.3, -0.25) is 4.79 Å². The molecule has 0 saturated carbocycles. The number of carbonyl (C=O) groups excluding carboxylic acids is 1. The van der Waals surface area contributed by atoms with E-state index in [-0.39, 0.29) is 18.3 Å². The minimum Gasteiger partial charge on any atom is -0.438 e. The molecular weight excluding hydrogens is 264 g/mol. The van der Waals surface area contributed by atoms with E-state index >= 15 is 0 Å². The molecule has 0 saturated heterocycles. The molecule has 0 atom stereocenters. The van der Waals surface area contributed by atoms with Crippen LogP contribution < -0.4 is 5.32 Å². The lowest BCUT2D eigenvalue weighted by molar-refractivity contribution is 0.0922. The van der Waals surface area contributed by atoms with Crippen LogP contribution in [0.2, 0.25) is 0 Å². The molecule has 5 nitrogen and oxygen atoms in total. The van der Waals surface area contributed by atoms with Gasteiger partial charge in [-0.15, -0.1) is 11.3 Å². The highest BCUT2D eigenvalue weighted by molar-refractivity contribution is 7.12. The lowest BCUT2D eigenvalue weighted by atomic mass is 10.3. The normalized spacial score (nSPS) is 9.79. The summed E-state index contributed by atoms with van der Waals surface area (Å²) in [5.41, 5.74) is 0.568. The van der Waals surface area contributed by atoms with Crippen LogP contribution >= 0.6 is 11.3 Å². The smallest absolute Gasteiger partial charge is 0.289 e. The van der Waals surface area contributed by atoms with Crippen LogP contribution in [0.1, 0.15) is 26.0 Å². The Labute approximate surface area is 114 Å². The van der Waals surface area contributed by atoms with E-state index in [0.29, 0.717) is 12.2 Å². The second kappa shape index (κ2) is 6.18. The number of aryl methyl sites for hydroxylation is 1. The van der Waals surface area contributed by atoms with E-state index in [4.69, 9.17) is 9.52 Å². The van der Waals surface area contributed by atoms with E-state index in [9.17, 15) is 4.79 Å². The highest BCUT2D eigenvalue weighted by Crippen LogP contribution is 2.15. The van der Waals surface area contributed by atoms with E-state index in [0.717, 1.165) is 9.75 Å². The summed E-state index contributed by atoms with van der Waals surface area (Å²) in [5, 5.41) is 11.4. The van der Waals surface area contributed by atoms with Crippen molar-refractivity contribution in [3.63, 3.8) is 0 Å². The first-order valence-electron chi connectivity index (χ1n) is 5.57. The number of oxazole rings is 1. The predicted molar refractivity (Wildman–Crippen MR) is 70.7 cm³/mol. The number of hydrogen-bond donors (Lipinski definition) is 2. The van der Waals surface area contributed by atoms with Crippen molar-refractivity contribution in [1.82, 2.24) is 10.3 Å². The fourth-order valence-corrected chi connectivity index (χ4v) is 2.26. The summed E-state index contributed by atoms with van der Waals surface area (Å²) >= 11 is 1.47. The molecule has 2 N–H and O–H groups in total. The zero-order valence-corrected chi connectivity index (χ0v) is 11.1. The zero-order chi connectivity index (χ0) is 13.7. The number of carbonyl (C=O) groups is 1. The van der Waals surface area contributed by atoms with Gasteiger partial charge in [-0.25, -0.2) is 4.98 Å². The van der Waals surface area contributed by atoms with Gasteiger partial charge in [0.25, 0.3) is 5.91 Å². The monoisotopic (exact) mass is 276 g/mol. The van der Waals surface area contributed by atoms with Crippen molar-refractivity contribution < 1.29 is 14.3 Å². The first kappa shape index (κ1) is 13.3. The van der Waals surface area contributed by atoms with Gasteiger partial charge in [0.05, 0.1) is 17.1 Å². The highest BCUT2D eigenvalue weighted by atomic mass is 32.1. The molecule has 0 aliphatic carbocycles. The number of nitrogens with one attached hydrogen (secondary N) is 1. The fraction of sp³-hybridized carbons (Fsp3) is 0.231. The van der Waals surface area contributed by atoms with Crippen molar-refractivity contribution in [1.29, 1.82) is 0 Å². The molecule has 0 fully saturated rings. The van der Waals surface area contributed by atoms with Gasteiger partial charge in [-0.05, 0) is 19.1 Å². The van der Waals surface area contributed by atoms with Crippen LogP contribution in [-0.2, 0) is 6.54 Å². The molecule has 1 amide bonds. The Morgan fingerprint density at radius 2 is 2.42 bits per heavy atom. The quantitative estimate of drug-likeness (QED) is 0.829. The summed E-state index contributed by atoms with van der Waals surface area (Å²) in [5.74, 6) is 5.34. The number of amides is 1. The summed E-state index contributed by atoms with van der Waals surface area (Å²) in [6.45, 7) is 1.96. The molecule has 2 aromatic heterocycles. The average molecular weight is 276 g/mol. The number of rotatable bonds is 3. The maximum Gasteiger partial charge on any atom is 0.289 e. The van der Waals surface area contributed by atoms with Gasteiger partial charge >= 0.3 is 0 Å². The van der Waals surface area contributed by atoms with E-state index < -0.39 is 0 Å². The molecular formula is C13H12N2O3S. The molecule has 0 radical (unpaired) electrons. The van der Waals surface area contributed by atoms with Crippen LogP contribution in [0.4, 0.5) is 0 Å². The van der Waals surface area contributed by atoms with Gasteiger partial charge in [-0.1, -0.05) is 11.8 Å². The van der Waals surface area contributed by atoms with Crippen LogP contribution in [0.25, 0.3) is 0 Å². The largest absolute Gasteiger partial charge is 0.438 e. The number of hydrogen-bond acceptors (Lipinski definition) is 5. The van der Waals surface area contributed by atoms with Crippen LogP contribution in [0.15, 0.2) is 22.9 Å². The van der Waals surface area contributed by atoms with Crippen molar-refractivity contribution >= 4 is 17.2 Å². The second-order valence-electron chi connectivity index (χ2n) is 3.68. The van der Waals surface area contributed by atoms with E-state index in [1.54, 1.807) is 6.92 Å². The third-order valence-corrected chi connectivity index (χ3v) is 3.33. The number of nitrogens with zero attached hydrogens (tertiary/aromatic N) is 1. The number of aliphatic hydroxyl groups excluding tert-OH is 1. The topological polar surface area (TPSA) is 75.4 Å². The summed E-state index contributed by atoms with van der Waals surface area (Å²) in [6.07, 6.45) is 1.25. The average Bonchev–Trinajstić information content (AvgIpc) is 3.02. The van der Waals surface area contributed by atoms with Crippen molar-refractivity contribution in [2.75, 3.05) is 6.61 Å². The van der Waals surface area contributed by atoms with Gasteiger partial charge in [-0.2, -0.15) is 0 Å². The Morgan fingerprint density at radius 3 is 3.11 bits per heavy atom. The molecule has 98 valence electrons.